The molecule has 0 bridgehead atoms. The summed E-state index contributed by atoms with van der Waals surface area (Å²) < 4.78 is 0. The Kier molecular flexibility index (Phi) is 3.71. The summed E-state index contributed by atoms with van der Waals surface area (Å²) in [4.78, 5) is 18.4. The molecule has 0 aliphatic carbocycles. The SMILES string of the molecule is CN(C)CCN(C)C(=O)c1cc[nH]c1. The highest BCUT2D eigenvalue weighted by Crippen LogP contribution is 2.01. The van der Waals surface area contributed by atoms with E-state index in [0.717, 1.165) is 13.1 Å². The van der Waals surface area contributed by atoms with E-state index in [1.807, 2.05) is 21.1 Å². The summed E-state index contributed by atoms with van der Waals surface area (Å²) in [6, 6.07) is 1.79. The van der Waals surface area contributed by atoms with E-state index < -0.39 is 0 Å². The number of aromatic amines is 1. The van der Waals surface area contributed by atoms with Gasteiger partial charge in [-0.3, -0.25) is 4.79 Å². The second-order valence-corrected chi connectivity index (χ2v) is 3.63. The number of nitrogens with zero attached hydrogens (tertiary/aromatic N) is 2. The third kappa shape index (κ3) is 2.88. The van der Waals surface area contributed by atoms with Gasteiger partial charge in [-0.05, 0) is 20.2 Å². The summed E-state index contributed by atoms with van der Waals surface area (Å²) in [5.74, 6) is 0.0631. The lowest BCUT2D eigenvalue weighted by atomic mass is 10.3. The first-order valence-corrected chi connectivity index (χ1v) is 4.64. The molecule has 0 saturated heterocycles. The predicted molar refractivity (Wildman–Crippen MR) is 56.3 cm³/mol. The Balaban J connectivity index is 2.45. The van der Waals surface area contributed by atoms with Crippen LogP contribution >= 0.6 is 0 Å². The van der Waals surface area contributed by atoms with Crippen LogP contribution in [0.2, 0.25) is 0 Å². The summed E-state index contributed by atoms with van der Waals surface area (Å²) in [5, 5.41) is 0. The molecule has 0 atom stereocenters. The van der Waals surface area contributed by atoms with Crippen molar-refractivity contribution in [2.24, 2.45) is 0 Å². The van der Waals surface area contributed by atoms with Crippen molar-refractivity contribution in [3.05, 3.63) is 24.0 Å². The average molecular weight is 195 g/mol. The van der Waals surface area contributed by atoms with Gasteiger partial charge in [-0.25, -0.2) is 0 Å². The van der Waals surface area contributed by atoms with Gasteiger partial charge in [0.25, 0.3) is 5.91 Å². The zero-order valence-electron chi connectivity index (χ0n) is 8.95. The Labute approximate surface area is 84.5 Å². The molecule has 1 aromatic rings. The van der Waals surface area contributed by atoms with Crippen LogP contribution in [0.4, 0.5) is 0 Å². The van der Waals surface area contributed by atoms with Crippen LogP contribution in [0.5, 0.6) is 0 Å². The first-order chi connectivity index (χ1) is 6.61. The minimum Gasteiger partial charge on any atom is -0.367 e. The number of hydrogen-bond donors (Lipinski definition) is 1. The number of rotatable bonds is 4. The fourth-order valence-corrected chi connectivity index (χ4v) is 1.13. The highest BCUT2D eigenvalue weighted by atomic mass is 16.2. The standard InChI is InChI=1S/C10H17N3O/c1-12(2)6-7-13(3)10(14)9-4-5-11-8-9/h4-5,8,11H,6-7H2,1-3H3. The number of amides is 1. The van der Waals surface area contributed by atoms with E-state index in [9.17, 15) is 4.79 Å². The number of H-pyrrole nitrogens is 1. The molecule has 0 aliphatic rings. The van der Waals surface area contributed by atoms with Crippen LogP contribution in [-0.2, 0) is 0 Å². The second-order valence-electron chi connectivity index (χ2n) is 3.63. The fraction of sp³-hybridized carbons (Fsp3) is 0.500. The topological polar surface area (TPSA) is 39.3 Å². The lowest BCUT2D eigenvalue weighted by Crippen LogP contribution is -2.33. The van der Waals surface area contributed by atoms with Gasteiger partial charge in [0, 0.05) is 32.5 Å². The normalized spacial score (nSPS) is 10.6. The predicted octanol–water partition coefficient (Wildman–Crippen LogP) is 0.648. The Bertz CT molecular complexity index is 280. The smallest absolute Gasteiger partial charge is 0.255 e. The van der Waals surface area contributed by atoms with Gasteiger partial charge in [0.05, 0.1) is 5.56 Å². The molecule has 1 N–H and O–H groups in total. The summed E-state index contributed by atoms with van der Waals surface area (Å²) in [6.07, 6.45) is 3.47. The Morgan fingerprint density at radius 1 is 1.36 bits per heavy atom. The molecule has 0 aliphatic heterocycles. The van der Waals surface area contributed by atoms with Crippen molar-refractivity contribution < 1.29 is 4.79 Å². The van der Waals surface area contributed by atoms with Crippen molar-refractivity contribution >= 4 is 5.91 Å². The fourth-order valence-electron chi connectivity index (χ4n) is 1.13. The summed E-state index contributed by atoms with van der Waals surface area (Å²) in [5.41, 5.74) is 0.714. The molecule has 14 heavy (non-hydrogen) atoms. The first-order valence-electron chi connectivity index (χ1n) is 4.64. The molecule has 1 amide bonds. The van der Waals surface area contributed by atoms with Gasteiger partial charge in [0.1, 0.15) is 0 Å². The summed E-state index contributed by atoms with van der Waals surface area (Å²) >= 11 is 0. The maximum atomic E-state index is 11.7. The molecule has 1 heterocycles. The molecule has 0 radical (unpaired) electrons. The van der Waals surface area contributed by atoms with Gasteiger partial charge in [0.15, 0.2) is 0 Å². The molecule has 0 spiro atoms. The first kappa shape index (κ1) is 10.8. The quantitative estimate of drug-likeness (QED) is 0.766. The number of carbonyl (C=O) groups excluding carboxylic acids is 1. The molecule has 1 aromatic heterocycles. The van der Waals surface area contributed by atoms with Crippen molar-refractivity contribution in [1.29, 1.82) is 0 Å². The van der Waals surface area contributed by atoms with Crippen molar-refractivity contribution in [3.8, 4) is 0 Å². The zero-order valence-corrected chi connectivity index (χ0v) is 8.95. The van der Waals surface area contributed by atoms with E-state index in [2.05, 4.69) is 9.88 Å². The molecule has 0 saturated carbocycles. The van der Waals surface area contributed by atoms with Crippen LogP contribution < -0.4 is 0 Å². The van der Waals surface area contributed by atoms with Crippen LogP contribution in [0.1, 0.15) is 10.4 Å². The van der Waals surface area contributed by atoms with Crippen molar-refractivity contribution in [2.75, 3.05) is 34.2 Å². The zero-order chi connectivity index (χ0) is 10.6. The van der Waals surface area contributed by atoms with E-state index in [-0.39, 0.29) is 5.91 Å². The molecule has 1 rings (SSSR count). The lowest BCUT2D eigenvalue weighted by Gasteiger charge is -2.18. The molecular weight excluding hydrogens is 178 g/mol. The maximum absolute atomic E-state index is 11.7. The Hall–Kier alpha value is -1.29. The molecular formula is C10H17N3O. The minimum atomic E-state index is 0.0631. The van der Waals surface area contributed by atoms with Gasteiger partial charge in [-0.2, -0.15) is 0 Å². The van der Waals surface area contributed by atoms with Crippen LogP contribution in [0.25, 0.3) is 0 Å². The minimum absolute atomic E-state index is 0.0631. The molecule has 4 heteroatoms. The molecule has 4 nitrogen and oxygen atoms in total. The van der Waals surface area contributed by atoms with Gasteiger partial charge in [0.2, 0.25) is 0 Å². The third-order valence-electron chi connectivity index (χ3n) is 2.07. The van der Waals surface area contributed by atoms with Crippen LogP contribution in [0.3, 0.4) is 0 Å². The molecule has 0 unspecified atom stereocenters. The maximum Gasteiger partial charge on any atom is 0.255 e. The van der Waals surface area contributed by atoms with Crippen LogP contribution in [0.15, 0.2) is 18.5 Å². The average Bonchev–Trinajstić information content (AvgIpc) is 2.65. The summed E-state index contributed by atoms with van der Waals surface area (Å²) in [6.45, 7) is 1.63. The Morgan fingerprint density at radius 3 is 2.57 bits per heavy atom. The number of likely N-dealkylation sites (N-methyl/N-ethyl adjacent to an activating group) is 2. The number of nitrogens with one attached hydrogen (secondary N) is 1. The van der Waals surface area contributed by atoms with Crippen molar-refractivity contribution in [3.63, 3.8) is 0 Å². The van der Waals surface area contributed by atoms with E-state index in [0.29, 0.717) is 5.56 Å². The van der Waals surface area contributed by atoms with Crippen molar-refractivity contribution in [2.45, 2.75) is 0 Å². The van der Waals surface area contributed by atoms with E-state index >= 15 is 0 Å². The van der Waals surface area contributed by atoms with E-state index in [1.54, 1.807) is 23.4 Å². The largest absolute Gasteiger partial charge is 0.367 e. The molecule has 0 fully saturated rings. The second kappa shape index (κ2) is 4.81. The van der Waals surface area contributed by atoms with Gasteiger partial charge < -0.3 is 14.8 Å². The molecule has 0 aromatic carbocycles. The summed E-state index contributed by atoms with van der Waals surface area (Å²) in [7, 11) is 5.81. The number of aromatic nitrogens is 1. The van der Waals surface area contributed by atoms with Gasteiger partial charge >= 0.3 is 0 Å². The van der Waals surface area contributed by atoms with Crippen molar-refractivity contribution in [1.82, 2.24) is 14.8 Å². The van der Waals surface area contributed by atoms with E-state index in [4.69, 9.17) is 0 Å². The van der Waals surface area contributed by atoms with E-state index in [1.165, 1.54) is 0 Å². The highest BCUT2D eigenvalue weighted by molar-refractivity contribution is 5.93. The van der Waals surface area contributed by atoms with Gasteiger partial charge in [-0.1, -0.05) is 0 Å². The Morgan fingerprint density at radius 2 is 2.07 bits per heavy atom. The van der Waals surface area contributed by atoms with Crippen LogP contribution in [0, 0.1) is 0 Å². The van der Waals surface area contributed by atoms with Crippen LogP contribution in [-0.4, -0.2) is 54.9 Å². The number of carbonyl (C=O) groups is 1. The number of hydrogen-bond acceptors (Lipinski definition) is 2. The third-order valence-corrected chi connectivity index (χ3v) is 2.07. The molecule has 78 valence electrons. The monoisotopic (exact) mass is 195 g/mol. The highest BCUT2D eigenvalue weighted by Gasteiger charge is 2.11. The van der Waals surface area contributed by atoms with Gasteiger partial charge in [-0.15, -0.1) is 0 Å². The lowest BCUT2D eigenvalue weighted by molar-refractivity contribution is 0.0786.